The van der Waals surface area contributed by atoms with Gasteiger partial charge in [0.2, 0.25) is 0 Å². The van der Waals surface area contributed by atoms with E-state index in [-0.39, 0.29) is 17.1 Å². The maximum absolute atomic E-state index is 12.0. The average molecular weight is 441 g/mol. The van der Waals surface area contributed by atoms with Crippen molar-refractivity contribution in [3.8, 4) is 0 Å². The van der Waals surface area contributed by atoms with Crippen LogP contribution in [-0.4, -0.2) is 44.4 Å². The zero-order valence-electron chi connectivity index (χ0n) is 17.5. The monoisotopic (exact) mass is 440 g/mol. The standard InChI is InChI=1S/C20H24N8O2S/c1-12(2)28-13(3)25-16-11-23-19(8-17(16)28)26-18-6-7-22-20(27-18)14(9-21)10-24-31(29,30)15-4-5-15/h6-12,15H,4-5,21H2,1-3H3,(H,22,23,26,27). The summed E-state index contributed by atoms with van der Waals surface area (Å²) in [5.41, 5.74) is 7.77. The van der Waals surface area contributed by atoms with E-state index in [1.165, 1.54) is 12.4 Å². The van der Waals surface area contributed by atoms with Crippen molar-refractivity contribution in [1.29, 1.82) is 0 Å². The van der Waals surface area contributed by atoms with Gasteiger partial charge in [-0.25, -0.2) is 28.4 Å². The minimum absolute atomic E-state index is 0.256. The number of nitrogens with two attached hydrogens (primary N) is 1. The Morgan fingerprint density at radius 1 is 1.29 bits per heavy atom. The van der Waals surface area contributed by atoms with Gasteiger partial charge in [-0.15, -0.1) is 0 Å². The van der Waals surface area contributed by atoms with Gasteiger partial charge in [0, 0.05) is 24.5 Å². The van der Waals surface area contributed by atoms with E-state index < -0.39 is 10.0 Å². The van der Waals surface area contributed by atoms with Gasteiger partial charge in [-0.05, 0) is 39.7 Å². The highest BCUT2D eigenvalue weighted by atomic mass is 32.2. The van der Waals surface area contributed by atoms with Gasteiger partial charge in [-0.3, -0.25) is 0 Å². The van der Waals surface area contributed by atoms with Crippen molar-refractivity contribution in [3.05, 3.63) is 42.4 Å². The predicted octanol–water partition coefficient (Wildman–Crippen LogP) is 2.72. The molecule has 31 heavy (non-hydrogen) atoms. The van der Waals surface area contributed by atoms with E-state index in [0.717, 1.165) is 16.9 Å². The Kier molecular flexibility index (Phi) is 5.44. The third kappa shape index (κ3) is 4.41. The number of pyridine rings is 1. The Morgan fingerprint density at radius 3 is 2.74 bits per heavy atom. The summed E-state index contributed by atoms with van der Waals surface area (Å²) in [5, 5.41) is 2.77. The molecule has 1 fully saturated rings. The van der Waals surface area contributed by atoms with Crippen molar-refractivity contribution in [3.63, 3.8) is 0 Å². The fraction of sp³-hybridized carbons (Fsp3) is 0.350. The molecule has 3 N–H and O–H groups in total. The second-order valence-corrected chi connectivity index (χ2v) is 9.55. The average Bonchev–Trinajstić information content (AvgIpc) is 3.52. The summed E-state index contributed by atoms with van der Waals surface area (Å²) in [6, 6.07) is 3.86. The van der Waals surface area contributed by atoms with Crippen LogP contribution in [0.3, 0.4) is 0 Å². The van der Waals surface area contributed by atoms with Gasteiger partial charge in [0.05, 0.1) is 28.8 Å². The highest BCUT2D eigenvalue weighted by Crippen LogP contribution is 2.29. The molecule has 11 heteroatoms. The van der Waals surface area contributed by atoms with Crippen LogP contribution in [0.1, 0.15) is 44.4 Å². The minimum atomic E-state index is -3.51. The minimum Gasteiger partial charge on any atom is -0.404 e. The molecule has 10 nitrogen and oxygen atoms in total. The zero-order valence-corrected chi connectivity index (χ0v) is 18.3. The molecule has 0 aromatic carbocycles. The van der Waals surface area contributed by atoms with Gasteiger partial charge < -0.3 is 15.6 Å². The van der Waals surface area contributed by atoms with E-state index in [2.05, 4.69) is 48.1 Å². The van der Waals surface area contributed by atoms with Crippen LogP contribution in [0.25, 0.3) is 16.6 Å². The molecule has 1 saturated carbocycles. The highest BCUT2D eigenvalue weighted by Gasteiger charge is 2.35. The highest BCUT2D eigenvalue weighted by molar-refractivity contribution is 7.91. The lowest BCUT2D eigenvalue weighted by Gasteiger charge is -2.11. The molecule has 0 saturated heterocycles. The van der Waals surface area contributed by atoms with Crippen molar-refractivity contribution in [1.82, 2.24) is 24.5 Å². The molecule has 0 amide bonds. The molecule has 3 aromatic heterocycles. The van der Waals surface area contributed by atoms with Gasteiger partial charge >= 0.3 is 0 Å². The second kappa shape index (κ2) is 8.06. The van der Waals surface area contributed by atoms with E-state index in [1.54, 1.807) is 18.5 Å². The lowest BCUT2D eigenvalue weighted by Crippen LogP contribution is -2.06. The van der Waals surface area contributed by atoms with Gasteiger partial charge in [-0.2, -0.15) is 4.40 Å². The molecular formula is C20H24N8O2S. The van der Waals surface area contributed by atoms with E-state index in [0.29, 0.717) is 30.1 Å². The molecule has 3 aromatic rings. The van der Waals surface area contributed by atoms with E-state index in [4.69, 9.17) is 5.73 Å². The number of nitrogens with zero attached hydrogens (tertiary/aromatic N) is 6. The van der Waals surface area contributed by atoms with Crippen LogP contribution in [0.5, 0.6) is 0 Å². The fourth-order valence-corrected chi connectivity index (χ4v) is 4.46. The van der Waals surface area contributed by atoms with Crippen LogP contribution in [0.2, 0.25) is 0 Å². The molecular weight excluding hydrogens is 416 g/mol. The summed E-state index contributed by atoms with van der Waals surface area (Å²) in [7, 11) is -3.51. The largest absolute Gasteiger partial charge is 0.404 e. The lowest BCUT2D eigenvalue weighted by molar-refractivity contribution is 0.597. The van der Waals surface area contributed by atoms with Gasteiger partial charge in [0.25, 0.3) is 10.0 Å². The van der Waals surface area contributed by atoms with Crippen LogP contribution < -0.4 is 11.1 Å². The summed E-state index contributed by atoms with van der Waals surface area (Å²) in [5.74, 6) is 2.27. The normalized spacial score (nSPS) is 15.3. The first-order chi connectivity index (χ1) is 14.8. The number of nitrogens with one attached hydrogen (secondary N) is 1. The Hall–Kier alpha value is -3.34. The maximum atomic E-state index is 12.0. The Morgan fingerprint density at radius 2 is 2.06 bits per heavy atom. The number of hydrogen-bond donors (Lipinski definition) is 2. The Labute approximate surface area is 180 Å². The predicted molar refractivity (Wildman–Crippen MR) is 121 cm³/mol. The maximum Gasteiger partial charge on any atom is 0.255 e. The summed E-state index contributed by atoms with van der Waals surface area (Å²) in [6.07, 6.45) is 6.98. The van der Waals surface area contributed by atoms with Crippen LogP contribution in [0.15, 0.2) is 35.1 Å². The van der Waals surface area contributed by atoms with Crippen molar-refractivity contribution >= 4 is 44.5 Å². The summed E-state index contributed by atoms with van der Waals surface area (Å²) < 4.78 is 29.9. The molecule has 0 aliphatic heterocycles. The van der Waals surface area contributed by atoms with E-state index in [1.807, 2.05) is 13.0 Å². The number of fused-ring (bicyclic) bond motifs is 1. The number of hydrogen-bond acceptors (Lipinski definition) is 8. The Balaban J connectivity index is 1.60. The second-order valence-electron chi connectivity index (χ2n) is 7.64. The lowest BCUT2D eigenvalue weighted by atomic mass is 10.3. The molecule has 4 rings (SSSR count). The van der Waals surface area contributed by atoms with Crippen molar-refractivity contribution in [2.45, 2.75) is 44.9 Å². The van der Waals surface area contributed by atoms with Crippen molar-refractivity contribution < 1.29 is 8.42 Å². The van der Waals surface area contributed by atoms with Gasteiger partial charge in [-0.1, -0.05) is 0 Å². The molecule has 162 valence electrons. The SMILES string of the molecule is Cc1nc2cnc(Nc3ccnc(C(C=NS(=O)(=O)C4CC4)=CN)n3)cc2n1C(C)C. The third-order valence-electron chi connectivity index (χ3n) is 4.90. The topological polar surface area (TPSA) is 141 Å². The summed E-state index contributed by atoms with van der Waals surface area (Å²) in [6.45, 7) is 6.17. The number of anilines is 2. The zero-order chi connectivity index (χ0) is 22.2. The number of aromatic nitrogens is 5. The van der Waals surface area contributed by atoms with Crippen molar-refractivity contribution in [2.75, 3.05) is 5.32 Å². The fourth-order valence-electron chi connectivity index (χ4n) is 3.30. The molecule has 3 heterocycles. The van der Waals surface area contributed by atoms with E-state index in [9.17, 15) is 8.42 Å². The first-order valence-corrected chi connectivity index (χ1v) is 11.4. The van der Waals surface area contributed by atoms with Gasteiger partial charge in [0.1, 0.15) is 23.0 Å². The third-order valence-corrected chi connectivity index (χ3v) is 6.62. The Bertz CT molecular complexity index is 1290. The van der Waals surface area contributed by atoms with Crippen LogP contribution in [-0.2, 0) is 10.0 Å². The summed E-state index contributed by atoms with van der Waals surface area (Å²) in [4.78, 5) is 17.6. The summed E-state index contributed by atoms with van der Waals surface area (Å²) >= 11 is 0. The number of rotatable bonds is 7. The number of imidazole rings is 1. The first kappa shape index (κ1) is 20.9. The quantitative estimate of drug-likeness (QED) is 0.534. The molecule has 0 unspecified atom stereocenters. The van der Waals surface area contributed by atoms with E-state index >= 15 is 0 Å². The first-order valence-electron chi connectivity index (χ1n) is 9.94. The molecule has 1 aliphatic carbocycles. The number of sulfonamides is 1. The van der Waals surface area contributed by atoms with Crippen LogP contribution in [0, 0.1) is 6.92 Å². The van der Waals surface area contributed by atoms with Gasteiger partial charge in [0.15, 0.2) is 5.82 Å². The smallest absolute Gasteiger partial charge is 0.255 e. The molecule has 0 radical (unpaired) electrons. The number of aryl methyl sites for hydroxylation is 1. The molecule has 0 bridgehead atoms. The molecule has 1 aliphatic rings. The molecule has 0 spiro atoms. The van der Waals surface area contributed by atoms with Crippen LogP contribution in [0.4, 0.5) is 11.6 Å². The van der Waals surface area contributed by atoms with Crippen LogP contribution >= 0.6 is 0 Å². The molecule has 0 atom stereocenters. The number of allylic oxidation sites excluding steroid dienone is 1. The van der Waals surface area contributed by atoms with Crippen molar-refractivity contribution in [2.24, 2.45) is 10.1 Å².